The molecule has 0 bridgehead atoms. The second kappa shape index (κ2) is 4.12. The Morgan fingerprint density at radius 1 is 1.58 bits per heavy atom. The number of rotatable bonds is 3. The molecule has 1 rings (SSSR count). The zero-order chi connectivity index (χ0) is 8.97. The quantitative estimate of drug-likeness (QED) is 0.717. The summed E-state index contributed by atoms with van der Waals surface area (Å²) >= 11 is 5.75. The van der Waals surface area contributed by atoms with Gasteiger partial charge in [0.05, 0.1) is 0 Å². The Labute approximate surface area is 76.5 Å². The summed E-state index contributed by atoms with van der Waals surface area (Å²) in [6, 6.07) is 5.47. The molecule has 0 saturated heterocycles. The topological polar surface area (TPSA) is 29.1 Å². The highest BCUT2D eigenvalue weighted by atomic mass is 35.5. The minimum atomic E-state index is 0.636. The molecule has 0 spiro atoms. The van der Waals surface area contributed by atoms with E-state index in [0.717, 1.165) is 17.7 Å². The van der Waals surface area contributed by atoms with Crippen LogP contribution in [-0.4, -0.2) is 6.41 Å². The lowest BCUT2D eigenvalue weighted by Gasteiger charge is -2.05. The van der Waals surface area contributed by atoms with Crippen molar-refractivity contribution in [2.24, 2.45) is 0 Å². The predicted molar refractivity (Wildman–Crippen MR) is 50.5 cm³/mol. The van der Waals surface area contributed by atoms with Gasteiger partial charge in [0.2, 0.25) is 6.41 Å². The summed E-state index contributed by atoms with van der Waals surface area (Å²) in [5.41, 5.74) is 1.88. The smallest absolute Gasteiger partial charge is 0.211 e. The SMILES string of the molecule is CCc1ccc(Cl)cc1NC=O. The predicted octanol–water partition coefficient (Wildman–Crippen LogP) is 2.47. The van der Waals surface area contributed by atoms with Crippen LogP contribution in [0.1, 0.15) is 12.5 Å². The number of carbonyl (C=O) groups is 1. The molecule has 0 fully saturated rings. The Morgan fingerprint density at radius 2 is 2.33 bits per heavy atom. The van der Waals surface area contributed by atoms with Crippen LogP contribution in [0.4, 0.5) is 5.69 Å². The van der Waals surface area contributed by atoms with Crippen LogP contribution < -0.4 is 5.32 Å². The molecule has 0 aliphatic rings. The van der Waals surface area contributed by atoms with Crippen molar-refractivity contribution in [2.45, 2.75) is 13.3 Å². The fourth-order valence-electron chi connectivity index (χ4n) is 1.05. The molecule has 0 aliphatic carbocycles. The van der Waals surface area contributed by atoms with Crippen LogP contribution in [0.25, 0.3) is 0 Å². The van der Waals surface area contributed by atoms with Crippen molar-refractivity contribution < 1.29 is 4.79 Å². The normalized spacial score (nSPS) is 9.50. The van der Waals surface area contributed by atoms with Gasteiger partial charge in [0, 0.05) is 10.7 Å². The van der Waals surface area contributed by atoms with Gasteiger partial charge in [-0.1, -0.05) is 24.6 Å². The van der Waals surface area contributed by atoms with E-state index in [1.165, 1.54) is 0 Å². The zero-order valence-electron chi connectivity index (χ0n) is 6.80. The van der Waals surface area contributed by atoms with Gasteiger partial charge in [0.25, 0.3) is 0 Å². The highest BCUT2D eigenvalue weighted by Crippen LogP contribution is 2.20. The van der Waals surface area contributed by atoms with Gasteiger partial charge in [0.1, 0.15) is 0 Å². The van der Waals surface area contributed by atoms with Gasteiger partial charge in [-0.2, -0.15) is 0 Å². The first-order chi connectivity index (χ1) is 5.77. The van der Waals surface area contributed by atoms with Crippen LogP contribution in [0.5, 0.6) is 0 Å². The molecule has 1 N–H and O–H groups in total. The van der Waals surface area contributed by atoms with Crippen molar-refractivity contribution in [3.8, 4) is 0 Å². The van der Waals surface area contributed by atoms with E-state index < -0.39 is 0 Å². The first kappa shape index (κ1) is 9.07. The van der Waals surface area contributed by atoms with Crippen LogP contribution in [-0.2, 0) is 11.2 Å². The molecule has 0 heterocycles. The minimum Gasteiger partial charge on any atom is -0.328 e. The number of anilines is 1. The number of hydrogen-bond donors (Lipinski definition) is 1. The third kappa shape index (κ3) is 1.98. The molecule has 0 aromatic heterocycles. The van der Waals surface area contributed by atoms with E-state index in [0.29, 0.717) is 11.4 Å². The van der Waals surface area contributed by atoms with Crippen molar-refractivity contribution in [1.82, 2.24) is 0 Å². The van der Waals surface area contributed by atoms with Crippen LogP contribution in [0.2, 0.25) is 5.02 Å². The summed E-state index contributed by atoms with van der Waals surface area (Å²) in [4.78, 5) is 10.2. The van der Waals surface area contributed by atoms with Gasteiger partial charge >= 0.3 is 0 Å². The summed E-state index contributed by atoms with van der Waals surface area (Å²) in [6.45, 7) is 2.03. The molecule has 0 radical (unpaired) electrons. The molecule has 64 valence electrons. The first-order valence-electron chi connectivity index (χ1n) is 3.76. The number of benzene rings is 1. The third-order valence-electron chi connectivity index (χ3n) is 1.67. The minimum absolute atomic E-state index is 0.636. The largest absolute Gasteiger partial charge is 0.328 e. The van der Waals surface area contributed by atoms with Gasteiger partial charge in [0.15, 0.2) is 0 Å². The van der Waals surface area contributed by atoms with Crippen molar-refractivity contribution in [3.63, 3.8) is 0 Å². The van der Waals surface area contributed by atoms with Gasteiger partial charge < -0.3 is 5.32 Å². The van der Waals surface area contributed by atoms with E-state index in [2.05, 4.69) is 5.32 Å². The van der Waals surface area contributed by atoms with E-state index in [4.69, 9.17) is 11.6 Å². The van der Waals surface area contributed by atoms with Crippen molar-refractivity contribution in [2.75, 3.05) is 5.32 Å². The van der Waals surface area contributed by atoms with Gasteiger partial charge in [-0.05, 0) is 24.1 Å². The Bertz CT molecular complexity index is 286. The van der Waals surface area contributed by atoms with E-state index in [-0.39, 0.29) is 0 Å². The molecule has 0 aliphatic heterocycles. The molecule has 0 saturated carbocycles. The van der Waals surface area contributed by atoms with E-state index in [1.54, 1.807) is 6.07 Å². The van der Waals surface area contributed by atoms with Gasteiger partial charge in [-0.15, -0.1) is 0 Å². The summed E-state index contributed by atoms with van der Waals surface area (Å²) in [6.07, 6.45) is 1.54. The van der Waals surface area contributed by atoms with Crippen LogP contribution >= 0.6 is 11.6 Å². The number of carbonyl (C=O) groups excluding carboxylic acids is 1. The summed E-state index contributed by atoms with van der Waals surface area (Å²) in [5.74, 6) is 0. The number of halogens is 1. The molecule has 3 heteroatoms. The zero-order valence-corrected chi connectivity index (χ0v) is 7.56. The number of nitrogens with one attached hydrogen (secondary N) is 1. The maximum absolute atomic E-state index is 10.2. The molecule has 1 amide bonds. The Balaban J connectivity index is 3.03. The van der Waals surface area contributed by atoms with Crippen LogP contribution in [0, 0.1) is 0 Å². The highest BCUT2D eigenvalue weighted by molar-refractivity contribution is 6.30. The standard InChI is InChI=1S/C9H10ClNO/c1-2-7-3-4-8(10)5-9(7)11-6-12/h3-6H,2H2,1H3,(H,11,12). The fraction of sp³-hybridized carbons (Fsp3) is 0.222. The van der Waals surface area contributed by atoms with Crippen LogP contribution in [0.3, 0.4) is 0 Å². The fourth-order valence-corrected chi connectivity index (χ4v) is 1.23. The maximum Gasteiger partial charge on any atom is 0.211 e. The lowest BCUT2D eigenvalue weighted by molar-refractivity contribution is -0.105. The Kier molecular flexibility index (Phi) is 3.11. The average Bonchev–Trinajstić information content (AvgIpc) is 2.05. The molecule has 0 unspecified atom stereocenters. The van der Waals surface area contributed by atoms with Gasteiger partial charge in [-0.3, -0.25) is 4.79 Å². The molecular formula is C9H10ClNO. The third-order valence-corrected chi connectivity index (χ3v) is 1.90. The Morgan fingerprint density at radius 3 is 2.92 bits per heavy atom. The number of amides is 1. The molecule has 2 nitrogen and oxygen atoms in total. The first-order valence-corrected chi connectivity index (χ1v) is 4.14. The summed E-state index contributed by atoms with van der Waals surface area (Å²) < 4.78 is 0. The monoisotopic (exact) mass is 183 g/mol. The molecule has 1 aromatic rings. The number of aryl methyl sites for hydroxylation is 1. The molecular weight excluding hydrogens is 174 g/mol. The van der Waals surface area contributed by atoms with E-state index in [9.17, 15) is 4.79 Å². The van der Waals surface area contributed by atoms with E-state index in [1.807, 2.05) is 19.1 Å². The molecule has 12 heavy (non-hydrogen) atoms. The summed E-state index contributed by atoms with van der Waals surface area (Å²) in [5, 5.41) is 3.24. The van der Waals surface area contributed by atoms with Gasteiger partial charge in [-0.25, -0.2) is 0 Å². The average molecular weight is 184 g/mol. The van der Waals surface area contributed by atoms with Crippen molar-refractivity contribution in [3.05, 3.63) is 28.8 Å². The molecule has 1 aromatic carbocycles. The second-order valence-corrected chi connectivity index (χ2v) is 2.85. The van der Waals surface area contributed by atoms with E-state index >= 15 is 0 Å². The second-order valence-electron chi connectivity index (χ2n) is 2.42. The maximum atomic E-state index is 10.2. The Hall–Kier alpha value is -1.02. The van der Waals surface area contributed by atoms with Crippen LogP contribution in [0.15, 0.2) is 18.2 Å². The van der Waals surface area contributed by atoms with Crippen molar-refractivity contribution >= 4 is 23.7 Å². The molecule has 0 atom stereocenters. The van der Waals surface area contributed by atoms with Crippen molar-refractivity contribution in [1.29, 1.82) is 0 Å². The number of hydrogen-bond acceptors (Lipinski definition) is 1. The lowest BCUT2D eigenvalue weighted by Crippen LogP contribution is -1.97. The highest BCUT2D eigenvalue weighted by Gasteiger charge is 1.99. The lowest BCUT2D eigenvalue weighted by atomic mass is 10.1. The summed E-state index contributed by atoms with van der Waals surface area (Å²) in [7, 11) is 0.